The van der Waals surface area contributed by atoms with E-state index in [9.17, 15) is 9.59 Å². The summed E-state index contributed by atoms with van der Waals surface area (Å²) in [4.78, 5) is 22.0. The second-order valence-electron chi connectivity index (χ2n) is 4.97. The van der Waals surface area contributed by atoms with E-state index in [1.165, 1.54) is 0 Å². The van der Waals surface area contributed by atoms with Crippen molar-refractivity contribution in [3.8, 4) is 0 Å². The summed E-state index contributed by atoms with van der Waals surface area (Å²) in [6, 6.07) is 8.07. The van der Waals surface area contributed by atoms with Gasteiger partial charge in [0.2, 0.25) is 5.91 Å². The van der Waals surface area contributed by atoms with Crippen LogP contribution in [0.5, 0.6) is 0 Å². The summed E-state index contributed by atoms with van der Waals surface area (Å²) in [5.74, 6) is -1.33. The van der Waals surface area contributed by atoms with Crippen LogP contribution < -0.4 is 10.6 Å². The van der Waals surface area contributed by atoms with Crippen LogP contribution in [0.4, 0.5) is 0 Å². The number of carboxylic acid groups (broad SMARTS) is 1. The fraction of sp³-hybridized carbons (Fsp3) is 0.429. The predicted molar refractivity (Wildman–Crippen MR) is 78.3 cm³/mol. The molecule has 20 heavy (non-hydrogen) atoms. The van der Waals surface area contributed by atoms with Crippen LogP contribution in [-0.2, 0) is 15.1 Å². The zero-order valence-electron chi connectivity index (χ0n) is 11.0. The fourth-order valence-corrected chi connectivity index (χ4v) is 2.62. The first-order valence-electron chi connectivity index (χ1n) is 6.51. The molecule has 0 radical (unpaired) electrons. The summed E-state index contributed by atoms with van der Waals surface area (Å²) < 4.78 is 1.02. The van der Waals surface area contributed by atoms with E-state index in [1.807, 2.05) is 24.3 Å². The van der Waals surface area contributed by atoms with Crippen LogP contribution in [0.3, 0.4) is 0 Å². The number of carbonyl (C=O) groups excluding carboxylic acids is 1. The number of halogens is 1. The number of amides is 1. The van der Waals surface area contributed by atoms with Crippen LogP contribution in [0.25, 0.3) is 0 Å². The summed E-state index contributed by atoms with van der Waals surface area (Å²) in [5.41, 5.74) is 1.01. The first-order chi connectivity index (χ1) is 9.52. The molecule has 1 aromatic carbocycles. The molecule has 0 spiro atoms. The molecule has 1 amide bonds. The topological polar surface area (TPSA) is 78.4 Å². The zero-order valence-corrected chi connectivity index (χ0v) is 12.6. The molecule has 108 valence electrons. The Morgan fingerprint density at radius 2 is 1.85 bits per heavy atom. The van der Waals surface area contributed by atoms with Gasteiger partial charge in [0.1, 0.15) is 6.54 Å². The van der Waals surface area contributed by atoms with Crippen molar-refractivity contribution in [2.45, 2.75) is 24.8 Å². The summed E-state index contributed by atoms with van der Waals surface area (Å²) in [5, 5.41) is 14.1. The van der Waals surface area contributed by atoms with Gasteiger partial charge in [-0.05, 0) is 37.0 Å². The molecule has 0 unspecified atom stereocenters. The van der Waals surface area contributed by atoms with Crippen LogP contribution in [-0.4, -0.2) is 30.1 Å². The molecule has 5 nitrogen and oxygen atoms in total. The van der Waals surface area contributed by atoms with E-state index in [0.29, 0.717) is 0 Å². The molecule has 0 aromatic heterocycles. The number of aliphatic carboxylic acids is 1. The second-order valence-corrected chi connectivity index (χ2v) is 5.88. The monoisotopic (exact) mass is 340 g/mol. The Kier molecular flexibility index (Phi) is 4.77. The minimum Gasteiger partial charge on any atom is -0.480 e. The van der Waals surface area contributed by atoms with E-state index in [0.717, 1.165) is 29.3 Å². The zero-order chi connectivity index (χ0) is 14.6. The Morgan fingerprint density at radius 1 is 1.20 bits per heavy atom. The fourth-order valence-electron chi connectivity index (χ4n) is 2.35. The lowest BCUT2D eigenvalue weighted by atomic mass is 9.72. The van der Waals surface area contributed by atoms with Crippen molar-refractivity contribution < 1.29 is 14.7 Å². The third-order valence-corrected chi connectivity index (χ3v) is 4.16. The van der Waals surface area contributed by atoms with Gasteiger partial charge in [0.25, 0.3) is 0 Å². The van der Waals surface area contributed by atoms with Crippen molar-refractivity contribution in [3.63, 3.8) is 0 Å². The average Bonchev–Trinajstić information content (AvgIpc) is 2.37. The van der Waals surface area contributed by atoms with Crippen molar-refractivity contribution in [2.75, 3.05) is 13.1 Å². The summed E-state index contributed by atoms with van der Waals surface area (Å²) in [6.07, 6.45) is 3.10. The lowest BCUT2D eigenvalue weighted by Gasteiger charge is -2.43. The van der Waals surface area contributed by atoms with Gasteiger partial charge in [-0.3, -0.25) is 14.9 Å². The Balaban J connectivity index is 1.93. The quantitative estimate of drug-likeness (QED) is 0.735. The normalized spacial score (nSPS) is 16.2. The minimum absolute atomic E-state index is 0.128. The maximum absolute atomic E-state index is 11.6. The first kappa shape index (κ1) is 15.0. The van der Waals surface area contributed by atoms with E-state index < -0.39 is 5.97 Å². The molecule has 0 saturated heterocycles. The third kappa shape index (κ3) is 3.58. The summed E-state index contributed by atoms with van der Waals surface area (Å²) >= 11 is 3.41. The van der Waals surface area contributed by atoms with Gasteiger partial charge in [-0.15, -0.1) is 0 Å². The van der Waals surface area contributed by atoms with Gasteiger partial charge in [-0.25, -0.2) is 0 Å². The Hall–Kier alpha value is -1.40. The highest BCUT2D eigenvalue weighted by Gasteiger charge is 2.38. The highest BCUT2D eigenvalue weighted by atomic mass is 79.9. The van der Waals surface area contributed by atoms with E-state index >= 15 is 0 Å². The van der Waals surface area contributed by atoms with Crippen LogP contribution in [0.2, 0.25) is 0 Å². The molecular formula is C14H17BrN2O3. The van der Waals surface area contributed by atoms with Crippen molar-refractivity contribution in [1.82, 2.24) is 10.6 Å². The first-order valence-corrected chi connectivity index (χ1v) is 7.31. The van der Waals surface area contributed by atoms with Gasteiger partial charge in [-0.1, -0.05) is 28.1 Å². The van der Waals surface area contributed by atoms with Gasteiger partial charge >= 0.3 is 5.97 Å². The van der Waals surface area contributed by atoms with Gasteiger partial charge in [-0.2, -0.15) is 0 Å². The maximum Gasteiger partial charge on any atom is 0.322 e. The molecular weight excluding hydrogens is 324 g/mol. The van der Waals surface area contributed by atoms with Crippen LogP contribution in [0.1, 0.15) is 24.8 Å². The van der Waals surface area contributed by atoms with Gasteiger partial charge in [0.05, 0.1) is 6.54 Å². The highest BCUT2D eigenvalue weighted by Crippen LogP contribution is 2.41. The number of nitrogens with one attached hydrogen (secondary N) is 2. The molecule has 1 aliphatic carbocycles. The summed E-state index contributed by atoms with van der Waals surface area (Å²) in [6.45, 7) is -0.213. The minimum atomic E-state index is -1.04. The predicted octanol–water partition coefficient (Wildman–Crippen LogP) is 1.62. The van der Waals surface area contributed by atoms with Crippen LogP contribution in [0.15, 0.2) is 28.7 Å². The standard InChI is InChI=1S/C14H17BrN2O3/c15-11-4-2-10(3-5-11)14(6-1-7-14)17-8-12(18)16-9-13(19)20/h2-5,17H,1,6-9H2,(H,16,18)(H,19,20). The molecule has 6 heteroatoms. The smallest absolute Gasteiger partial charge is 0.322 e. The number of rotatable bonds is 6. The Bertz CT molecular complexity index is 498. The highest BCUT2D eigenvalue weighted by molar-refractivity contribution is 9.10. The maximum atomic E-state index is 11.6. The van der Waals surface area contributed by atoms with Crippen molar-refractivity contribution >= 4 is 27.8 Å². The average molecular weight is 341 g/mol. The number of benzene rings is 1. The molecule has 1 aromatic rings. The van der Waals surface area contributed by atoms with E-state index in [4.69, 9.17) is 5.11 Å². The molecule has 0 atom stereocenters. The molecule has 3 N–H and O–H groups in total. The molecule has 2 rings (SSSR count). The van der Waals surface area contributed by atoms with Gasteiger partial charge in [0.15, 0.2) is 0 Å². The van der Waals surface area contributed by atoms with Crippen molar-refractivity contribution in [2.24, 2.45) is 0 Å². The Morgan fingerprint density at radius 3 is 2.35 bits per heavy atom. The SMILES string of the molecule is O=C(O)CNC(=O)CNC1(c2ccc(Br)cc2)CCC1. The summed E-state index contributed by atoms with van der Waals surface area (Å²) in [7, 11) is 0. The largest absolute Gasteiger partial charge is 0.480 e. The van der Waals surface area contributed by atoms with E-state index in [2.05, 4.69) is 26.6 Å². The van der Waals surface area contributed by atoms with Crippen LogP contribution in [0, 0.1) is 0 Å². The lowest BCUT2D eigenvalue weighted by Crippen LogP contribution is -2.51. The third-order valence-electron chi connectivity index (χ3n) is 3.63. The van der Waals surface area contributed by atoms with Crippen molar-refractivity contribution in [1.29, 1.82) is 0 Å². The van der Waals surface area contributed by atoms with E-state index in [-0.39, 0.29) is 24.5 Å². The molecule has 0 bridgehead atoms. The van der Waals surface area contributed by atoms with Crippen molar-refractivity contribution in [3.05, 3.63) is 34.3 Å². The lowest BCUT2D eigenvalue weighted by molar-refractivity contribution is -0.137. The molecule has 1 saturated carbocycles. The van der Waals surface area contributed by atoms with E-state index in [1.54, 1.807) is 0 Å². The molecule has 0 heterocycles. The van der Waals surface area contributed by atoms with Crippen LogP contribution >= 0.6 is 15.9 Å². The van der Waals surface area contributed by atoms with Gasteiger partial charge in [0, 0.05) is 10.0 Å². The molecule has 1 fully saturated rings. The number of hydrogen-bond donors (Lipinski definition) is 3. The number of carbonyl (C=O) groups is 2. The number of hydrogen-bond acceptors (Lipinski definition) is 3. The second kappa shape index (κ2) is 6.37. The number of carboxylic acids is 1. The molecule has 1 aliphatic rings. The Labute approximate surface area is 125 Å². The van der Waals surface area contributed by atoms with Gasteiger partial charge < -0.3 is 10.4 Å². The molecule has 0 aliphatic heterocycles.